The van der Waals surface area contributed by atoms with Crippen LogP contribution in [0.25, 0.3) is 5.57 Å². The predicted molar refractivity (Wildman–Crippen MR) is 109 cm³/mol. The molecule has 0 heterocycles. The van der Waals surface area contributed by atoms with Crippen LogP contribution in [0.4, 0.5) is 0 Å². The van der Waals surface area contributed by atoms with Crippen LogP contribution in [0.15, 0.2) is 29.8 Å². The molecule has 1 unspecified atom stereocenters. The van der Waals surface area contributed by atoms with Crippen LogP contribution in [0.1, 0.15) is 63.4 Å². The van der Waals surface area contributed by atoms with Gasteiger partial charge in [-0.2, -0.15) is 0 Å². The molecule has 0 aromatic heterocycles. The van der Waals surface area contributed by atoms with Gasteiger partial charge in [0.05, 0.1) is 25.4 Å². The van der Waals surface area contributed by atoms with Gasteiger partial charge in [-0.1, -0.05) is 24.6 Å². The van der Waals surface area contributed by atoms with E-state index in [1.165, 1.54) is 0 Å². The summed E-state index contributed by atoms with van der Waals surface area (Å²) in [5.74, 6) is -1.38. The predicted octanol–water partition coefficient (Wildman–Crippen LogP) is 4.18. The summed E-state index contributed by atoms with van der Waals surface area (Å²) < 4.78 is 15.5. The zero-order valence-electron chi connectivity index (χ0n) is 17.9. The second kappa shape index (κ2) is 9.72. The maximum Gasteiger partial charge on any atom is 0.338 e. The third kappa shape index (κ3) is 4.69. The fourth-order valence-corrected chi connectivity index (χ4v) is 3.91. The standard InChI is InChI=1S/C23H30O6/c1-6-27-20(24)18-11-9-17(10-12-18)16(5)19-14-23(13-15(19)4,21(25)28-7-2)22(26)29-8-3/h9-12,15H,6-8,13-14H2,1-5H3/b19-16-. The summed E-state index contributed by atoms with van der Waals surface area (Å²) in [6.45, 7) is 9.93. The Morgan fingerprint density at radius 2 is 1.38 bits per heavy atom. The Kier molecular flexibility index (Phi) is 7.59. The SMILES string of the molecule is CCOC(=O)c1ccc(/C(C)=C2/CC(C(=O)OCC)(C(=O)OCC)CC2C)cc1. The molecular weight excluding hydrogens is 372 g/mol. The molecule has 29 heavy (non-hydrogen) atoms. The molecule has 6 heteroatoms. The fraction of sp³-hybridized carbons (Fsp3) is 0.522. The van der Waals surface area contributed by atoms with E-state index < -0.39 is 17.4 Å². The van der Waals surface area contributed by atoms with Crippen molar-refractivity contribution >= 4 is 23.5 Å². The van der Waals surface area contributed by atoms with E-state index in [0.29, 0.717) is 18.6 Å². The molecule has 1 fully saturated rings. The number of ether oxygens (including phenoxy) is 3. The molecule has 0 aliphatic heterocycles. The van der Waals surface area contributed by atoms with Gasteiger partial charge in [0.1, 0.15) is 0 Å². The number of benzene rings is 1. The molecule has 1 atom stereocenters. The van der Waals surface area contributed by atoms with E-state index in [9.17, 15) is 14.4 Å². The Morgan fingerprint density at radius 3 is 1.86 bits per heavy atom. The van der Waals surface area contributed by atoms with Gasteiger partial charge in [0.15, 0.2) is 5.41 Å². The van der Waals surface area contributed by atoms with E-state index >= 15 is 0 Å². The summed E-state index contributed by atoms with van der Waals surface area (Å²) in [6, 6.07) is 7.16. The highest BCUT2D eigenvalue weighted by Crippen LogP contribution is 2.49. The number of hydrogen-bond acceptors (Lipinski definition) is 6. The van der Waals surface area contributed by atoms with Crippen LogP contribution < -0.4 is 0 Å². The number of rotatable bonds is 7. The number of esters is 3. The number of allylic oxidation sites excluding steroid dienone is 2. The van der Waals surface area contributed by atoms with Gasteiger partial charge in [-0.05, 0) is 69.7 Å². The van der Waals surface area contributed by atoms with Gasteiger partial charge in [0, 0.05) is 0 Å². The molecule has 1 aliphatic carbocycles. The molecule has 0 radical (unpaired) electrons. The van der Waals surface area contributed by atoms with Crippen LogP contribution in [0.3, 0.4) is 0 Å². The summed E-state index contributed by atoms with van der Waals surface area (Å²) >= 11 is 0. The Balaban J connectivity index is 2.37. The van der Waals surface area contributed by atoms with Crippen molar-refractivity contribution in [2.45, 2.75) is 47.5 Å². The Hall–Kier alpha value is -2.63. The van der Waals surface area contributed by atoms with Crippen LogP contribution in [-0.4, -0.2) is 37.7 Å². The first-order chi connectivity index (χ1) is 13.8. The molecule has 0 amide bonds. The van der Waals surface area contributed by atoms with Crippen molar-refractivity contribution in [2.24, 2.45) is 11.3 Å². The smallest absolute Gasteiger partial charge is 0.338 e. The van der Waals surface area contributed by atoms with Crippen molar-refractivity contribution in [1.29, 1.82) is 0 Å². The Morgan fingerprint density at radius 1 is 0.897 bits per heavy atom. The first kappa shape index (κ1) is 22.7. The van der Waals surface area contributed by atoms with Crippen LogP contribution in [0.2, 0.25) is 0 Å². The second-order valence-electron chi connectivity index (χ2n) is 7.25. The molecule has 158 valence electrons. The zero-order valence-corrected chi connectivity index (χ0v) is 17.9. The van der Waals surface area contributed by atoms with Crippen LogP contribution >= 0.6 is 0 Å². The van der Waals surface area contributed by atoms with Crippen LogP contribution in [0.5, 0.6) is 0 Å². The van der Waals surface area contributed by atoms with E-state index in [2.05, 4.69) is 0 Å². The largest absolute Gasteiger partial charge is 0.465 e. The van der Waals surface area contributed by atoms with E-state index in [1.807, 2.05) is 26.0 Å². The maximum atomic E-state index is 12.7. The van der Waals surface area contributed by atoms with Gasteiger partial charge in [-0.15, -0.1) is 0 Å². The lowest BCUT2D eigenvalue weighted by atomic mass is 9.85. The molecule has 1 aliphatic rings. The topological polar surface area (TPSA) is 78.9 Å². The van der Waals surface area contributed by atoms with Crippen molar-refractivity contribution in [3.63, 3.8) is 0 Å². The van der Waals surface area contributed by atoms with Crippen LogP contribution in [0, 0.1) is 11.3 Å². The Labute approximate surface area is 172 Å². The summed E-state index contributed by atoms with van der Waals surface area (Å²) in [6.07, 6.45) is 0.634. The van der Waals surface area contributed by atoms with Gasteiger partial charge in [0.25, 0.3) is 0 Å². The molecule has 0 bridgehead atoms. The molecule has 2 rings (SSSR count). The third-order valence-corrected chi connectivity index (χ3v) is 5.38. The van der Waals surface area contributed by atoms with Crippen LogP contribution in [-0.2, 0) is 23.8 Å². The van der Waals surface area contributed by atoms with Crippen molar-refractivity contribution < 1.29 is 28.6 Å². The maximum absolute atomic E-state index is 12.7. The second-order valence-corrected chi connectivity index (χ2v) is 7.25. The average Bonchev–Trinajstić information content (AvgIpc) is 3.07. The van der Waals surface area contributed by atoms with Crippen molar-refractivity contribution in [3.8, 4) is 0 Å². The van der Waals surface area contributed by atoms with Gasteiger partial charge < -0.3 is 14.2 Å². The number of hydrogen-bond donors (Lipinski definition) is 0. The summed E-state index contributed by atoms with van der Waals surface area (Å²) in [7, 11) is 0. The minimum absolute atomic E-state index is 0.0218. The first-order valence-corrected chi connectivity index (χ1v) is 10.1. The lowest BCUT2D eigenvalue weighted by molar-refractivity contribution is -0.171. The van der Waals surface area contributed by atoms with Crippen molar-refractivity contribution in [2.75, 3.05) is 19.8 Å². The average molecular weight is 402 g/mol. The molecular formula is C23H30O6. The van der Waals surface area contributed by atoms with Gasteiger partial charge >= 0.3 is 17.9 Å². The highest BCUT2D eigenvalue weighted by atomic mass is 16.6. The lowest BCUT2D eigenvalue weighted by Crippen LogP contribution is -2.40. The highest BCUT2D eigenvalue weighted by molar-refractivity contribution is 6.01. The third-order valence-electron chi connectivity index (χ3n) is 5.38. The van der Waals surface area contributed by atoms with Crippen molar-refractivity contribution in [1.82, 2.24) is 0 Å². The minimum atomic E-state index is -1.30. The van der Waals surface area contributed by atoms with Crippen molar-refractivity contribution in [3.05, 3.63) is 41.0 Å². The molecule has 1 aromatic rings. The summed E-state index contributed by atoms with van der Waals surface area (Å²) in [4.78, 5) is 37.3. The summed E-state index contributed by atoms with van der Waals surface area (Å²) in [5.41, 5.74) is 2.13. The molecule has 0 N–H and O–H groups in total. The van der Waals surface area contributed by atoms with Gasteiger partial charge in [-0.25, -0.2) is 4.79 Å². The van der Waals surface area contributed by atoms with Gasteiger partial charge in [-0.3, -0.25) is 9.59 Å². The quantitative estimate of drug-likeness (QED) is 0.387. The molecule has 0 saturated heterocycles. The Bertz CT molecular complexity index is 772. The number of carbonyl (C=O) groups excluding carboxylic acids is 3. The minimum Gasteiger partial charge on any atom is -0.465 e. The number of carbonyl (C=O) groups is 3. The van der Waals surface area contributed by atoms with E-state index in [1.54, 1.807) is 32.9 Å². The lowest BCUT2D eigenvalue weighted by Gasteiger charge is -2.24. The van der Waals surface area contributed by atoms with E-state index in [4.69, 9.17) is 14.2 Å². The molecule has 0 spiro atoms. The zero-order chi connectivity index (χ0) is 21.6. The molecule has 1 saturated carbocycles. The normalized spacial score (nSPS) is 19.4. The monoisotopic (exact) mass is 402 g/mol. The van der Waals surface area contributed by atoms with E-state index in [0.717, 1.165) is 16.7 Å². The highest BCUT2D eigenvalue weighted by Gasteiger charge is 2.55. The fourth-order valence-electron chi connectivity index (χ4n) is 3.91. The first-order valence-electron chi connectivity index (χ1n) is 10.1. The summed E-state index contributed by atoms with van der Waals surface area (Å²) in [5, 5.41) is 0. The molecule has 1 aromatic carbocycles. The van der Waals surface area contributed by atoms with E-state index in [-0.39, 0.29) is 31.5 Å². The molecule has 6 nitrogen and oxygen atoms in total. The van der Waals surface area contributed by atoms with Gasteiger partial charge in [0.2, 0.25) is 0 Å².